The first kappa shape index (κ1) is 20.9. The molecule has 0 rings (SSSR count). The molecule has 0 fully saturated rings. The largest absolute Gasteiger partial charge is 0.502 e. The van der Waals surface area contributed by atoms with Crippen LogP contribution in [0.2, 0.25) is 0 Å². The quantitative estimate of drug-likeness (QED) is 0.243. The van der Waals surface area contributed by atoms with E-state index >= 15 is 0 Å². The summed E-state index contributed by atoms with van der Waals surface area (Å²) in [5.41, 5.74) is 0.681. The lowest BCUT2D eigenvalue weighted by atomic mass is 10.3. The molecule has 0 aromatic carbocycles. The summed E-state index contributed by atoms with van der Waals surface area (Å²) in [5, 5.41) is 2.64. The Morgan fingerprint density at radius 2 is 1.78 bits per heavy atom. The molecule has 0 bridgehead atoms. The van der Waals surface area contributed by atoms with Crippen LogP contribution in [0, 0.1) is 0 Å². The normalized spacial score (nSPS) is 11.2. The van der Waals surface area contributed by atoms with Crippen LogP contribution in [-0.2, 0) is 23.8 Å². The second kappa shape index (κ2) is 12.5. The lowest BCUT2D eigenvalue weighted by Crippen LogP contribution is -2.38. The van der Waals surface area contributed by atoms with Gasteiger partial charge in [0.25, 0.3) is 0 Å². The third-order valence-electron chi connectivity index (χ3n) is 2.72. The predicted octanol–water partition coefficient (Wildman–Crippen LogP) is 2.12. The molecule has 23 heavy (non-hydrogen) atoms. The highest BCUT2D eigenvalue weighted by Gasteiger charge is 2.16. The standard InChI is InChI=1S/C17H27NO5/c1-6-21-9-7-8-10-22-12-15(23-17(20)14(4)5)11-18-16(19)13(2)3/h6,15H,1-2,4,7-12H2,3,5H3,(H,18,19). The fourth-order valence-corrected chi connectivity index (χ4v) is 1.43. The maximum Gasteiger partial charge on any atom is 0.333 e. The molecule has 0 aromatic rings. The zero-order valence-electron chi connectivity index (χ0n) is 14.1. The van der Waals surface area contributed by atoms with Gasteiger partial charge in [0.1, 0.15) is 6.10 Å². The highest BCUT2D eigenvalue weighted by Crippen LogP contribution is 2.01. The number of carbonyl (C=O) groups is 2. The smallest absolute Gasteiger partial charge is 0.333 e. The summed E-state index contributed by atoms with van der Waals surface area (Å²) in [6.07, 6.45) is 2.48. The van der Waals surface area contributed by atoms with E-state index in [-0.39, 0.29) is 19.1 Å². The van der Waals surface area contributed by atoms with Crippen molar-refractivity contribution in [3.63, 3.8) is 0 Å². The van der Waals surface area contributed by atoms with Crippen LogP contribution in [0.4, 0.5) is 0 Å². The van der Waals surface area contributed by atoms with E-state index in [0.717, 1.165) is 12.8 Å². The molecular formula is C17H27NO5. The first-order valence-electron chi connectivity index (χ1n) is 7.49. The number of ether oxygens (including phenoxy) is 3. The Kier molecular flexibility index (Phi) is 11.3. The average molecular weight is 325 g/mol. The van der Waals surface area contributed by atoms with Crippen LogP contribution in [0.25, 0.3) is 0 Å². The van der Waals surface area contributed by atoms with Crippen molar-refractivity contribution in [3.8, 4) is 0 Å². The second-order valence-electron chi connectivity index (χ2n) is 5.12. The van der Waals surface area contributed by atoms with Gasteiger partial charge in [0.2, 0.25) is 5.91 Å². The van der Waals surface area contributed by atoms with Crippen LogP contribution < -0.4 is 5.32 Å². The number of esters is 1. The van der Waals surface area contributed by atoms with Crippen LogP contribution in [0.3, 0.4) is 0 Å². The van der Waals surface area contributed by atoms with Crippen LogP contribution in [-0.4, -0.2) is 44.3 Å². The minimum atomic E-state index is -0.577. The van der Waals surface area contributed by atoms with Gasteiger partial charge in [0, 0.05) is 17.8 Å². The highest BCUT2D eigenvalue weighted by molar-refractivity contribution is 5.92. The number of unbranched alkanes of at least 4 members (excludes halogenated alkanes) is 1. The predicted molar refractivity (Wildman–Crippen MR) is 88.7 cm³/mol. The van der Waals surface area contributed by atoms with Crippen molar-refractivity contribution >= 4 is 11.9 Å². The molecule has 0 saturated carbocycles. The molecule has 0 aromatic heterocycles. The molecule has 1 unspecified atom stereocenters. The third kappa shape index (κ3) is 11.2. The van der Waals surface area contributed by atoms with E-state index in [1.807, 2.05) is 0 Å². The lowest BCUT2D eigenvalue weighted by Gasteiger charge is -2.19. The van der Waals surface area contributed by atoms with Crippen molar-refractivity contribution in [2.24, 2.45) is 0 Å². The van der Waals surface area contributed by atoms with E-state index < -0.39 is 12.1 Å². The van der Waals surface area contributed by atoms with E-state index in [1.165, 1.54) is 6.26 Å². The fraction of sp³-hybridized carbons (Fsp3) is 0.529. The Morgan fingerprint density at radius 1 is 1.13 bits per heavy atom. The molecule has 1 atom stereocenters. The Balaban J connectivity index is 4.18. The molecule has 0 aliphatic rings. The van der Waals surface area contributed by atoms with Crippen molar-refractivity contribution in [2.45, 2.75) is 32.8 Å². The molecule has 0 aliphatic carbocycles. The van der Waals surface area contributed by atoms with Crippen LogP contribution in [0.5, 0.6) is 0 Å². The topological polar surface area (TPSA) is 73.9 Å². The van der Waals surface area contributed by atoms with Crippen molar-refractivity contribution in [1.82, 2.24) is 5.32 Å². The van der Waals surface area contributed by atoms with Gasteiger partial charge in [-0.25, -0.2) is 4.79 Å². The average Bonchev–Trinajstić information content (AvgIpc) is 2.50. The molecule has 1 amide bonds. The Bertz CT molecular complexity index is 431. The molecule has 1 N–H and O–H groups in total. The van der Waals surface area contributed by atoms with Crippen molar-refractivity contribution < 1.29 is 23.8 Å². The van der Waals surface area contributed by atoms with Gasteiger partial charge in [-0.3, -0.25) is 4.79 Å². The lowest BCUT2D eigenvalue weighted by molar-refractivity contribution is -0.147. The van der Waals surface area contributed by atoms with Crippen molar-refractivity contribution in [2.75, 3.05) is 26.4 Å². The molecule has 0 heterocycles. The Hall–Kier alpha value is -2.08. The summed E-state index contributed by atoms with van der Waals surface area (Å²) in [6.45, 7) is 15.2. The molecule has 0 saturated heterocycles. The minimum absolute atomic E-state index is 0.157. The molecule has 0 spiro atoms. The van der Waals surface area contributed by atoms with Crippen LogP contribution in [0.15, 0.2) is 37.1 Å². The highest BCUT2D eigenvalue weighted by atomic mass is 16.6. The second-order valence-corrected chi connectivity index (χ2v) is 5.12. The number of hydrogen-bond acceptors (Lipinski definition) is 5. The minimum Gasteiger partial charge on any atom is -0.502 e. The van der Waals surface area contributed by atoms with Gasteiger partial charge < -0.3 is 19.5 Å². The van der Waals surface area contributed by atoms with Gasteiger partial charge in [-0.05, 0) is 26.7 Å². The van der Waals surface area contributed by atoms with Gasteiger partial charge in [0.15, 0.2) is 0 Å². The number of carbonyl (C=O) groups excluding carboxylic acids is 2. The zero-order chi connectivity index (χ0) is 17.7. The van der Waals surface area contributed by atoms with E-state index in [2.05, 4.69) is 25.1 Å². The number of rotatable bonds is 13. The van der Waals surface area contributed by atoms with E-state index in [1.54, 1.807) is 13.8 Å². The third-order valence-corrected chi connectivity index (χ3v) is 2.72. The summed E-state index contributed by atoms with van der Waals surface area (Å²) in [5.74, 6) is -0.800. The summed E-state index contributed by atoms with van der Waals surface area (Å²) >= 11 is 0. The van der Waals surface area contributed by atoms with Crippen molar-refractivity contribution in [3.05, 3.63) is 37.1 Å². The van der Waals surface area contributed by atoms with E-state index in [9.17, 15) is 9.59 Å². The molecule has 6 nitrogen and oxygen atoms in total. The molecule has 0 radical (unpaired) electrons. The Labute approximate surface area is 138 Å². The van der Waals surface area contributed by atoms with Gasteiger partial charge in [0.05, 0.1) is 26.0 Å². The van der Waals surface area contributed by atoms with Gasteiger partial charge >= 0.3 is 5.97 Å². The number of amides is 1. The maximum absolute atomic E-state index is 11.6. The van der Waals surface area contributed by atoms with Crippen molar-refractivity contribution in [1.29, 1.82) is 0 Å². The summed E-state index contributed by atoms with van der Waals surface area (Å²) in [4.78, 5) is 23.1. The van der Waals surface area contributed by atoms with Gasteiger partial charge in [-0.2, -0.15) is 0 Å². The monoisotopic (exact) mass is 325 g/mol. The van der Waals surface area contributed by atoms with Crippen LogP contribution in [0.1, 0.15) is 26.7 Å². The first-order valence-corrected chi connectivity index (χ1v) is 7.49. The van der Waals surface area contributed by atoms with E-state index in [0.29, 0.717) is 24.4 Å². The first-order chi connectivity index (χ1) is 10.9. The summed E-state index contributed by atoms with van der Waals surface area (Å²) < 4.78 is 15.7. The molecule has 130 valence electrons. The SMILES string of the molecule is C=COCCCCOCC(CNC(=O)C(=C)C)OC(=O)C(=C)C. The van der Waals surface area contributed by atoms with Crippen LogP contribution >= 0.6 is 0 Å². The fourth-order valence-electron chi connectivity index (χ4n) is 1.43. The summed E-state index contributed by atoms with van der Waals surface area (Å²) in [7, 11) is 0. The Morgan fingerprint density at radius 3 is 2.35 bits per heavy atom. The number of hydrogen-bond donors (Lipinski definition) is 1. The van der Waals surface area contributed by atoms with E-state index in [4.69, 9.17) is 14.2 Å². The van der Waals surface area contributed by atoms with Gasteiger partial charge in [-0.1, -0.05) is 19.7 Å². The molecular weight excluding hydrogens is 298 g/mol. The number of nitrogens with one attached hydrogen (secondary N) is 1. The van der Waals surface area contributed by atoms with Gasteiger partial charge in [-0.15, -0.1) is 0 Å². The molecule has 6 heteroatoms. The molecule has 0 aliphatic heterocycles. The maximum atomic E-state index is 11.6. The summed E-state index contributed by atoms with van der Waals surface area (Å²) in [6, 6.07) is 0. The zero-order valence-corrected chi connectivity index (χ0v) is 14.1.